The second-order valence-electron chi connectivity index (χ2n) is 3.73. The summed E-state index contributed by atoms with van der Waals surface area (Å²) in [6.45, 7) is 1.90. The number of aryl methyl sites for hydroxylation is 1. The normalized spacial score (nSPS) is 12.1. The number of hydrogen-bond acceptors (Lipinski definition) is 4. The predicted octanol–water partition coefficient (Wildman–Crippen LogP) is 0.517. The Balaban J connectivity index is 2.92. The maximum Gasteiger partial charge on any atom is 0.251 e. The maximum absolute atomic E-state index is 11.2. The lowest BCUT2D eigenvalue weighted by Crippen LogP contribution is -2.45. The molecule has 0 fully saturated rings. The highest BCUT2D eigenvalue weighted by molar-refractivity contribution is 6.32. The van der Waals surface area contributed by atoms with Gasteiger partial charge in [-0.1, -0.05) is 11.6 Å². The van der Waals surface area contributed by atoms with Crippen LogP contribution in [0.5, 0.6) is 5.75 Å². The summed E-state index contributed by atoms with van der Waals surface area (Å²) in [4.78, 5) is 11.2. The van der Waals surface area contributed by atoms with Crippen LogP contribution in [0.3, 0.4) is 0 Å². The summed E-state index contributed by atoms with van der Waals surface area (Å²) in [6, 6.07) is 2.87. The number of rotatable bonds is 4. The monoisotopic (exact) mass is 257 g/mol. The predicted molar refractivity (Wildman–Crippen MR) is 66.8 cm³/mol. The van der Waals surface area contributed by atoms with Crippen LogP contribution in [0.4, 0.5) is 0 Å². The standard InChI is InChI=1S/C11H16ClN3O2/c1-6-3-10(17-2)8(12)4-7(6)5-9(13)11(16)15-14/h3-4,9H,5,13-14H2,1-2H3,(H,15,16). The smallest absolute Gasteiger partial charge is 0.251 e. The van der Waals surface area contributed by atoms with E-state index < -0.39 is 11.9 Å². The molecule has 1 amide bonds. The van der Waals surface area contributed by atoms with E-state index in [1.165, 1.54) is 0 Å². The maximum atomic E-state index is 11.2. The van der Waals surface area contributed by atoms with Gasteiger partial charge in [-0.2, -0.15) is 0 Å². The Bertz CT molecular complexity index is 423. The second kappa shape index (κ2) is 5.86. The molecule has 94 valence electrons. The van der Waals surface area contributed by atoms with Gasteiger partial charge in [0.05, 0.1) is 18.2 Å². The van der Waals surface area contributed by atoms with Crippen LogP contribution in [0.15, 0.2) is 12.1 Å². The van der Waals surface area contributed by atoms with E-state index in [0.29, 0.717) is 17.2 Å². The van der Waals surface area contributed by atoms with E-state index in [-0.39, 0.29) is 0 Å². The van der Waals surface area contributed by atoms with Gasteiger partial charge in [0, 0.05) is 0 Å². The minimum Gasteiger partial charge on any atom is -0.495 e. The summed E-state index contributed by atoms with van der Waals surface area (Å²) in [6.07, 6.45) is 0.374. The number of nitrogens with two attached hydrogens (primary N) is 2. The van der Waals surface area contributed by atoms with Crippen LogP contribution in [0.2, 0.25) is 5.02 Å². The zero-order chi connectivity index (χ0) is 13.0. The molecule has 0 heterocycles. The van der Waals surface area contributed by atoms with E-state index in [4.69, 9.17) is 27.9 Å². The average Bonchev–Trinajstić information content (AvgIpc) is 2.32. The van der Waals surface area contributed by atoms with Gasteiger partial charge in [0.2, 0.25) is 0 Å². The van der Waals surface area contributed by atoms with Crippen LogP contribution in [0.25, 0.3) is 0 Å². The molecule has 0 spiro atoms. The molecule has 1 aromatic rings. The van der Waals surface area contributed by atoms with Crippen LogP contribution in [0, 0.1) is 6.92 Å². The molecule has 0 saturated carbocycles. The van der Waals surface area contributed by atoms with Gasteiger partial charge in [-0.15, -0.1) is 0 Å². The number of benzene rings is 1. The van der Waals surface area contributed by atoms with Crippen molar-refractivity contribution in [3.8, 4) is 5.75 Å². The minimum atomic E-state index is -0.692. The average molecular weight is 258 g/mol. The summed E-state index contributed by atoms with van der Waals surface area (Å²) in [5.74, 6) is 5.21. The van der Waals surface area contributed by atoms with Crippen LogP contribution >= 0.6 is 11.6 Å². The van der Waals surface area contributed by atoms with Gasteiger partial charge in [-0.05, 0) is 36.6 Å². The number of hydrogen-bond donors (Lipinski definition) is 3. The van der Waals surface area contributed by atoms with Gasteiger partial charge in [-0.3, -0.25) is 10.2 Å². The van der Waals surface area contributed by atoms with Crippen molar-refractivity contribution < 1.29 is 9.53 Å². The molecule has 6 heteroatoms. The topological polar surface area (TPSA) is 90.4 Å². The van der Waals surface area contributed by atoms with Gasteiger partial charge < -0.3 is 10.5 Å². The van der Waals surface area contributed by atoms with E-state index in [1.807, 2.05) is 18.4 Å². The molecule has 0 aromatic heterocycles. The van der Waals surface area contributed by atoms with E-state index in [1.54, 1.807) is 13.2 Å². The summed E-state index contributed by atoms with van der Waals surface area (Å²) in [5.41, 5.74) is 9.56. The second-order valence-corrected chi connectivity index (χ2v) is 4.14. The molecule has 5 N–H and O–H groups in total. The lowest BCUT2D eigenvalue weighted by Gasteiger charge is -2.13. The third kappa shape index (κ3) is 3.33. The zero-order valence-corrected chi connectivity index (χ0v) is 10.5. The van der Waals surface area contributed by atoms with Crippen molar-refractivity contribution in [2.24, 2.45) is 11.6 Å². The number of ether oxygens (including phenoxy) is 1. The van der Waals surface area contributed by atoms with Crippen molar-refractivity contribution >= 4 is 17.5 Å². The van der Waals surface area contributed by atoms with Crippen molar-refractivity contribution in [2.75, 3.05) is 7.11 Å². The van der Waals surface area contributed by atoms with Gasteiger partial charge in [-0.25, -0.2) is 5.84 Å². The lowest BCUT2D eigenvalue weighted by atomic mass is 10.0. The highest BCUT2D eigenvalue weighted by Crippen LogP contribution is 2.28. The number of methoxy groups -OCH3 is 1. The van der Waals surface area contributed by atoms with E-state index in [2.05, 4.69) is 0 Å². The van der Waals surface area contributed by atoms with Gasteiger partial charge in [0.15, 0.2) is 0 Å². The van der Waals surface area contributed by atoms with Crippen molar-refractivity contribution in [1.82, 2.24) is 5.43 Å². The molecule has 1 atom stereocenters. The van der Waals surface area contributed by atoms with Crippen molar-refractivity contribution in [3.63, 3.8) is 0 Å². The fraction of sp³-hybridized carbons (Fsp3) is 0.364. The Morgan fingerprint density at radius 1 is 1.59 bits per heavy atom. The molecule has 0 aliphatic heterocycles. The third-order valence-corrected chi connectivity index (χ3v) is 2.82. The first-order chi connectivity index (χ1) is 7.99. The Kier molecular flexibility index (Phi) is 4.74. The van der Waals surface area contributed by atoms with Gasteiger partial charge >= 0.3 is 0 Å². The number of carbonyl (C=O) groups excluding carboxylic acids is 1. The first-order valence-corrected chi connectivity index (χ1v) is 5.46. The molecule has 1 unspecified atom stereocenters. The van der Waals surface area contributed by atoms with Crippen LogP contribution < -0.4 is 21.7 Å². The molecule has 17 heavy (non-hydrogen) atoms. The molecule has 0 bridgehead atoms. The van der Waals surface area contributed by atoms with Gasteiger partial charge in [0.25, 0.3) is 5.91 Å². The first kappa shape index (κ1) is 13.8. The van der Waals surface area contributed by atoms with E-state index in [0.717, 1.165) is 11.1 Å². The molecule has 5 nitrogen and oxygen atoms in total. The summed E-state index contributed by atoms with van der Waals surface area (Å²) in [7, 11) is 1.55. The highest BCUT2D eigenvalue weighted by atomic mass is 35.5. The first-order valence-electron chi connectivity index (χ1n) is 5.08. The Hall–Kier alpha value is -1.30. The number of carbonyl (C=O) groups is 1. The van der Waals surface area contributed by atoms with Crippen LogP contribution in [-0.4, -0.2) is 19.1 Å². The van der Waals surface area contributed by atoms with E-state index in [9.17, 15) is 4.79 Å². The van der Waals surface area contributed by atoms with E-state index >= 15 is 0 Å². The van der Waals surface area contributed by atoms with Crippen LogP contribution in [-0.2, 0) is 11.2 Å². The largest absolute Gasteiger partial charge is 0.495 e. The number of halogens is 1. The van der Waals surface area contributed by atoms with Gasteiger partial charge in [0.1, 0.15) is 5.75 Å². The lowest BCUT2D eigenvalue weighted by molar-refractivity contribution is -0.122. The van der Waals surface area contributed by atoms with Crippen LogP contribution in [0.1, 0.15) is 11.1 Å². The summed E-state index contributed by atoms with van der Waals surface area (Å²) >= 11 is 6.01. The molecule has 0 saturated heterocycles. The van der Waals surface area contributed by atoms with Crippen molar-refractivity contribution in [1.29, 1.82) is 0 Å². The third-order valence-electron chi connectivity index (χ3n) is 2.53. The fourth-order valence-corrected chi connectivity index (χ4v) is 1.77. The minimum absolute atomic E-state index is 0.374. The number of nitrogens with one attached hydrogen (secondary N) is 1. The molecule has 0 aliphatic rings. The molecule has 1 aromatic carbocycles. The number of amides is 1. The van der Waals surface area contributed by atoms with Crippen molar-refractivity contribution in [3.05, 3.63) is 28.3 Å². The zero-order valence-electron chi connectivity index (χ0n) is 9.79. The fourth-order valence-electron chi connectivity index (χ4n) is 1.51. The quantitative estimate of drug-likeness (QED) is 0.417. The summed E-state index contributed by atoms with van der Waals surface area (Å²) in [5, 5.41) is 0.494. The Labute approximate surface area is 105 Å². The molecular formula is C11H16ClN3O2. The summed E-state index contributed by atoms with van der Waals surface area (Å²) < 4.78 is 5.09. The Morgan fingerprint density at radius 2 is 2.24 bits per heavy atom. The van der Waals surface area contributed by atoms with Crippen molar-refractivity contribution in [2.45, 2.75) is 19.4 Å². The molecule has 0 aliphatic carbocycles. The molecular weight excluding hydrogens is 242 g/mol. The molecule has 0 radical (unpaired) electrons. The SMILES string of the molecule is COc1cc(C)c(CC(N)C(=O)NN)cc1Cl. The Morgan fingerprint density at radius 3 is 2.76 bits per heavy atom. The number of hydrazine groups is 1. The highest BCUT2D eigenvalue weighted by Gasteiger charge is 2.15. The molecule has 1 rings (SSSR count).